The third-order valence-electron chi connectivity index (χ3n) is 2.97. The molecule has 90 valence electrons. The summed E-state index contributed by atoms with van der Waals surface area (Å²) >= 11 is 5.30. The Morgan fingerprint density at radius 1 is 1.47 bits per heavy atom. The number of hydrogen-bond acceptors (Lipinski definition) is 3. The number of likely N-dealkylation sites (tertiary alicyclic amines) is 1. The summed E-state index contributed by atoms with van der Waals surface area (Å²) in [6.45, 7) is 1.44. The van der Waals surface area contributed by atoms with Gasteiger partial charge < -0.3 is 9.64 Å². The summed E-state index contributed by atoms with van der Waals surface area (Å²) in [6.07, 6.45) is 0.634. The van der Waals surface area contributed by atoms with Gasteiger partial charge in [-0.1, -0.05) is 42.5 Å². The summed E-state index contributed by atoms with van der Waals surface area (Å²) in [7, 11) is 1.42. The van der Waals surface area contributed by atoms with Crippen molar-refractivity contribution in [2.24, 2.45) is 5.92 Å². The Morgan fingerprint density at radius 3 is 2.82 bits per heavy atom. The number of esters is 1. The molecule has 1 aliphatic rings. The van der Waals surface area contributed by atoms with Gasteiger partial charge in [0.1, 0.15) is 0 Å². The van der Waals surface area contributed by atoms with Gasteiger partial charge in [-0.3, -0.25) is 4.79 Å². The van der Waals surface area contributed by atoms with Crippen molar-refractivity contribution in [2.75, 3.05) is 13.7 Å². The highest BCUT2D eigenvalue weighted by atomic mass is 32.1. The Bertz CT molecular complexity index is 419. The second-order valence-corrected chi connectivity index (χ2v) is 4.66. The van der Waals surface area contributed by atoms with E-state index in [1.54, 1.807) is 0 Å². The van der Waals surface area contributed by atoms with Crippen molar-refractivity contribution in [3.63, 3.8) is 0 Å². The van der Waals surface area contributed by atoms with E-state index < -0.39 is 0 Å². The molecule has 1 aromatic carbocycles. The zero-order valence-electron chi connectivity index (χ0n) is 9.76. The number of ether oxygens (including phenoxy) is 1. The fraction of sp³-hybridized carbons (Fsp3) is 0.385. The molecule has 0 amide bonds. The molecule has 1 saturated heterocycles. The van der Waals surface area contributed by atoms with Crippen LogP contribution >= 0.6 is 12.2 Å². The van der Waals surface area contributed by atoms with Crippen LogP contribution in [0.15, 0.2) is 30.3 Å². The summed E-state index contributed by atoms with van der Waals surface area (Å²) in [5, 5.41) is 0. The summed E-state index contributed by atoms with van der Waals surface area (Å²) in [4.78, 5) is 14.4. The second-order valence-electron chi connectivity index (χ2n) is 4.18. The first-order valence-electron chi connectivity index (χ1n) is 5.60. The van der Waals surface area contributed by atoms with Crippen LogP contribution in [0.3, 0.4) is 0 Å². The highest BCUT2D eigenvalue weighted by molar-refractivity contribution is 7.80. The minimum absolute atomic E-state index is 0.101. The third kappa shape index (κ3) is 2.82. The van der Waals surface area contributed by atoms with Crippen molar-refractivity contribution in [1.29, 1.82) is 0 Å². The summed E-state index contributed by atoms with van der Waals surface area (Å²) in [6, 6.07) is 10.1. The van der Waals surface area contributed by atoms with E-state index in [4.69, 9.17) is 17.0 Å². The largest absolute Gasteiger partial charge is 0.469 e. The number of rotatable bonds is 3. The van der Waals surface area contributed by atoms with Crippen molar-refractivity contribution in [2.45, 2.75) is 13.0 Å². The fourth-order valence-electron chi connectivity index (χ4n) is 2.05. The molecule has 1 aliphatic heterocycles. The van der Waals surface area contributed by atoms with Crippen molar-refractivity contribution < 1.29 is 9.53 Å². The average Bonchev–Trinajstić information content (AvgIpc) is 2.71. The lowest BCUT2D eigenvalue weighted by Gasteiger charge is -2.18. The molecule has 4 heteroatoms. The molecule has 0 saturated carbocycles. The first-order chi connectivity index (χ1) is 8.20. The van der Waals surface area contributed by atoms with Crippen molar-refractivity contribution in [1.82, 2.24) is 4.90 Å². The number of thiocarbonyl (C=S) groups is 1. The summed E-state index contributed by atoms with van der Waals surface area (Å²) < 4.78 is 4.76. The van der Waals surface area contributed by atoms with Gasteiger partial charge in [-0.25, -0.2) is 0 Å². The lowest BCUT2D eigenvalue weighted by Crippen LogP contribution is -2.25. The lowest BCUT2D eigenvalue weighted by atomic mass is 10.1. The zero-order chi connectivity index (χ0) is 12.3. The zero-order valence-corrected chi connectivity index (χ0v) is 10.6. The van der Waals surface area contributed by atoms with E-state index in [-0.39, 0.29) is 11.9 Å². The Morgan fingerprint density at radius 2 is 2.18 bits per heavy atom. The molecule has 3 nitrogen and oxygen atoms in total. The normalized spacial score (nSPS) is 19.5. The van der Waals surface area contributed by atoms with E-state index >= 15 is 0 Å². The minimum Gasteiger partial charge on any atom is -0.469 e. The van der Waals surface area contributed by atoms with E-state index in [0.717, 1.165) is 11.5 Å². The van der Waals surface area contributed by atoms with Crippen LogP contribution in [0.1, 0.15) is 12.0 Å². The van der Waals surface area contributed by atoms with Crippen molar-refractivity contribution >= 4 is 23.2 Å². The average molecular weight is 249 g/mol. The molecule has 0 aromatic heterocycles. The maximum absolute atomic E-state index is 11.4. The molecule has 0 radical (unpaired) electrons. The molecular formula is C13H15NO2S. The van der Waals surface area contributed by atoms with Crippen LogP contribution in [0.25, 0.3) is 0 Å². The number of methoxy groups -OCH3 is 1. The molecule has 0 unspecified atom stereocenters. The van der Waals surface area contributed by atoms with Gasteiger partial charge in [0.05, 0.1) is 18.0 Å². The quantitative estimate of drug-likeness (QED) is 0.605. The Kier molecular flexibility index (Phi) is 3.74. The third-order valence-corrected chi connectivity index (χ3v) is 3.39. The molecule has 0 aliphatic carbocycles. The Labute approximate surface area is 106 Å². The summed E-state index contributed by atoms with van der Waals surface area (Å²) in [5.74, 6) is -0.265. The van der Waals surface area contributed by atoms with Crippen LogP contribution in [0.2, 0.25) is 0 Å². The fourth-order valence-corrected chi connectivity index (χ4v) is 2.39. The number of benzene rings is 1. The van der Waals surface area contributed by atoms with Crippen LogP contribution in [0.4, 0.5) is 0 Å². The van der Waals surface area contributed by atoms with Gasteiger partial charge in [0.15, 0.2) is 0 Å². The monoisotopic (exact) mass is 249 g/mol. The van der Waals surface area contributed by atoms with Crippen LogP contribution in [0, 0.1) is 5.92 Å². The van der Waals surface area contributed by atoms with Gasteiger partial charge in [-0.05, 0) is 5.56 Å². The molecule has 0 N–H and O–H groups in total. The molecular weight excluding hydrogens is 234 g/mol. The number of carbonyl (C=O) groups excluding carboxylic acids is 1. The summed E-state index contributed by atoms with van der Waals surface area (Å²) in [5.41, 5.74) is 1.21. The van der Waals surface area contributed by atoms with E-state index in [0.29, 0.717) is 13.0 Å². The predicted octanol–water partition coefficient (Wildman–Crippen LogP) is 2.01. The number of hydrogen-bond donors (Lipinski definition) is 0. The van der Waals surface area contributed by atoms with Gasteiger partial charge in [0.25, 0.3) is 0 Å². The minimum atomic E-state index is -0.164. The molecule has 17 heavy (non-hydrogen) atoms. The molecule has 1 aromatic rings. The van der Waals surface area contributed by atoms with Crippen LogP contribution in [-0.2, 0) is 16.1 Å². The maximum atomic E-state index is 11.4. The number of carbonyl (C=O) groups is 1. The van der Waals surface area contributed by atoms with E-state index in [9.17, 15) is 4.79 Å². The highest BCUT2D eigenvalue weighted by Crippen LogP contribution is 2.22. The van der Waals surface area contributed by atoms with Crippen molar-refractivity contribution in [3.05, 3.63) is 35.9 Å². The van der Waals surface area contributed by atoms with Gasteiger partial charge in [0, 0.05) is 19.5 Å². The first kappa shape index (κ1) is 12.0. The molecule has 0 bridgehead atoms. The van der Waals surface area contributed by atoms with Crippen molar-refractivity contribution in [3.8, 4) is 0 Å². The molecule has 2 rings (SSSR count). The van der Waals surface area contributed by atoms with Gasteiger partial charge in [-0.15, -0.1) is 0 Å². The van der Waals surface area contributed by atoms with E-state index in [1.165, 1.54) is 12.7 Å². The Hall–Kier alpha value is -1.42. The SMILES string of the molecule is COC(=O)[C@H]1CC(=S)N(Cc2ccccc2)C1. The predicted molar refractivity (Wildman–Crippen MR) is 69.6 cm³/mol. The van der Waals surface area contributed by atoms with Gasteiger partial charge >= 0.3 is 5.97 Å². The molecule has 1 fully saturated rings. The van der Waals surface area contributed by atoms with Gasteiger partial charge in [0.2, 0.25) is 0 Å². The molecule has 1 heterocycles. The van der Waals surface area contributed by atoms with Crippen LogP contribution < -0.4 is 0 Å². The van der Waals surface area contributed by atoms with Gasteiger partial charge in [-0.2, -0.15) is 0 Å². The Balaban J connectivity index is 1.99. The van der Waals surface area contributed by atoms with Crippen LogP contribution in [0.5, 0.6) is 0 Å². The second kappa shape index (κ2) is 5.27. The van der Waals surface area contributed by atoms with E-state index in [2.05, 4.69) is 17.0 Å². The number of nitrogens with zero attached hydrogens (tertiary/aromatic N) is 1. The van der Waals surface area contributed by atoms with E-state index in [1.807, 2.05) is 18.2 Å². The smallest absolute Gasteiger partial charge is 0.310 e. The first-order valence-corrected chi connectivity index (χ1v) is 6.01. The van der Waals surface area contributed by atoms with Crippen LogP contribution in [-0.4, -0.2) is 29.5 Å². The molecule has 1 atom stereocenters. The maximum Gasteiger partial charge on any atom is 0.310 e. The standard InChI is InChI=1S/C13H15NO2S/c1-16-13(15)11-7-12(17)14(9-11)8-10-5-3-2-4-6-10/h2-6,11H,7-9H2,1H3/t11-/m0/s1. The topological polar surface area (TPSA) is 29.5 Å². The molecule has 0 spiro atoms. The lowest BCUT2D eigenvalue weighted by molar-refractivity contribution is -0.144. The highest BCUT2D eigenvalue weighted by Gasteiger charge is 2.32.